The van der Waals surface area contributed by atoms with Gasteiger partial charge in [-0.05, 0) is 0 Å². The van der Waals surface area contributed by atoms with Crippen molar-refractivity contribution in [2.75, 3.05) is 25.6 Å². The van der Waals surface area contributed by atoms with Crippen LogP contribution in [0, 0.1) is 5.92 Å². The molecule has 0 aromatic rings. The highest BCUT2D eigenvalue weighted by atomic mass is 32.2. The molecule has 2 nitrogen and oxygen atoms in total. The Kier molecular flexibility index (Phi) is 3.52. The van der Waals surface area contributed by atoms with Crippen molar-refractivity contribution in [1.82, 2.24) is 0 Å². The molecule has 0 aliphatic carbocycles. The summed E-state index contributed by atoms with van der Waals surface area (Å²) >= 11 is 1.83. The van der Waals surface area contributed by atoms with Crippen LogP contribution in [0.4, 0.5) is 0 Å². The van der Waals surface area contributed by atoms with Crippen LogP contribution in [0.3, 0.4) is 0 Å². The summed E-state index contributed by atoms with van der Waals surface area (Å²) in [5.74, 6) is 1.89. The number of hydrogen-bond donors (Lipinski definition) is 1. The Balaban J connectivity index is 1.93. The molecule has 0 spiro atoms. The van der Waals surface area contributed by atoms with Crippen LogP contribution in [0.25, 0.3) is 0 Å². The number of ether oxygens (including phenoxy) is 1. The predicted octanol–water partition coefficient (Wildman–Crippen LogP) is 0.747. The van der Waals surface area contributed by atoms with Gasteiger partial charge in [-0.3, -0.25) is 0 Å². The Morgan fingerprint density at radius 2 is 2.40 bits per heavy atom. The minimum atomic E-state index is 0.290. The highest BCUT2D eigenvalue weighted by molar-refractivity contribution is 7.99. The molecule has 0 aromatic heterocycles. The summed E-state index contributed by atoms with van der Waals surface area (Å²) in [7, 11) is 0. The highest BCUT2D eigenvalue weighted by Crippen LogP contribution is 2.19. The minimum absolute atomic E-state index is 0.290. The predicted molar refractivity (Wildman–Crippen MR) is 43.3 cm³/mol. The molecule has 1 heterocycles. The maximum absolute atomic E-state index is 8.69. The molecule has 0 aromatic carbocycles. The first-order valence-corrected chi connectivity index (χ1v) is 4.68. The Labute approximate surface area is 66.0 Å². The second-order valence-electron chi connectivity index (χ2n) is 2.73. The summed E-state index contributed by atoms with van der Waals surface area (Å²) in [6.45, 7) is 4.18. The molecule has 1 N–H and O–H groups in total. The van der Waals surface area contributed by atoms with Crippen molar-refractivity contribution < 1.29 is 9.84 Å². The van der Waals surface area contributed by atoms with Gasteiger partial charge in [-0.1, -0.05) is 6.92 Å². The Morgan fingerprint density at radius 3 is 2.80 bits per heavy atom. The van der Waals surface area contributed by atoms with Crippen LogP contribution < -0.4 is 0 Å². The first-order valence-electron chi connectivity index (χ1n) is 3.63. The smallest absolute Gasteiger partial charge is 0.0547 e. The molecule has 1 atom stereocenters. The maximum atomic E-state index is 8.69. The van der Waals surface area contributed by atoms with E-state index < -0.39 is 0 Å². The van der Waals surface area contributed by atoms with Crippen LogP contribution in [0.15, 0.2) is 0 Å². The van der Waals surface area contributed by atoms with Gasteiger partial charge < -0.3 is 9.84 Å². The minimum Gasteiger partial charge on any atom is -0.395 e. The van der Waals surface area contributed by atoms with Crippen LogP contribution in [0.2, 0.25) is 0 Å². The lowest BCUT2D eigenvalue weighted by Gasteiger charge is -2.26. The zero-order valence-corrected chi connectivity index (χ0v) is 7.06. The Bertz CT molecular complexity index is 88.9. The fourth-order valence-electron chi connectivity index (χ4n) is 0.734. The van der Waals surface area contributed by atoms with Crippen molar-refractivity contribution in [3.05, 3.63) is 0 Å². The lowest BCUT2D eigenvalue weighted by Crippen LogP contribution is -2.30. The standard InChI is InChI=1S/C7H14O2S/c1-6(2-8)10-5-7-3-9-4-7/h6-8H,2-5H2,1H3. The summed E-state index contributed by atoms with van der Waals surface area (Å²) < 4.78 is 5.02. The van der Waals surface area contributed by atoms with E-state index in [9.17, 15) is 0 Å². The monoisotopic (exact) mass is 162 g/mol. The van der Waals surface area contributed by atoms with Crippen LogP contribution >= 0.6 is 11.8 Å². The first-order chi connectivity index (χ1) is 4.83. The zero-order valence-electron chi connectivity index (χ0n) is 6.25. The third-order valence-corrected chi connectivity index (χ3v) is 2.96. The summed E-state index contributed by atoms with van der Waals surface area (Å²) in [5, 5.41) is 9.08. The highest BCUT2D eigenvalue weighted by Gasteiger charge is 2.18. The van der Waals surface area contributed by atoms with E-state index in [2.05, 4.69) is 0 Å². The molecule has 0 bridgehead atoms. The van der Waals surface area contributed by atoms with Crippen LogP contribution in [0.1, 0.15) is 6.92 Å². The fourth-order valence-corrected chi connectivity index (χ4v) is 1.63. The number of aliphatic hydroxyl groups excluding tert-OH is 1. The molecular weight excluding hydrogens is 148 g/mol. The Morgan fingerprint density at radius 1 is 1.70 bits per heavy atom. The zero-order chi connectivity index (χ0) is 7.40. The second kappa shape index (κ2) is 4.21. The second-order valence-corrected chi connectivity index (χ2v) is 4.20. The molecule has 0 radical (unpaired) electrons. The molecule has 10 heavy (non-hydrogen) atoms. The number of thioether (sulfide) groups is 1. The Hall–Kier alpha value is 0.270. The van der Waals surface area contributed by atoms with E-state index in [1.165, 1.54) is 0 Å². The van der Waals surface area contributed by atoms with E-state index in [0.29, 0.717) is 5.25 Å². The summed E-state index contributed by atoms with van der Waals surface area (Å²) in [4.78, 5) is 0. The molecule has 3 heteroatoms. The number of rotatable bonds is 4. The van der Waals surface area contributed by atoms with Gasteiger partial charge in [0.05, 0.1) is 19.8 Å². The normalized spacial score (nSPS) is 22.2. The van der Waals surface area contributed by atoms with Gasteiger partial charge in [0.15, 0.2) is 0 Å². The van der Waals surface area contributed by atoms with Gasteiger partial charge in [-0.2, -0.15) is 11.8 Å². The molecule has 0 amide bonds. The van der Waals surface area contributed by atoms with Crippen molar-refractivity contribution in [1.29, 1.82) is 0 Å². The van der Waals surface area contributed by atoms with E-state index in [4.69, 9.17) is 9.84 Å². The van der Waals surface area contributed by atoms with Gasteiger partial charge in [0.25, 0.3) is 0 Å². The van der Waals surface area contributed by atoms with Crippen molar-refractivity contribution in [2.24, 2.45) is 5.92 Å². The van der Waals surface area contributed by atoms with Crippen LogP contribution in [0.5, 0.6) is 0 Å². The lowest BCUT2D eigenvalue weighted by molar-refractivity contribution is -0.0197. The molecule has 1 fully saturated rings. The average molecular weight is 162 g/mol. The lowest BCUT2D eigenvalue weighted by atomic mass is 10.1. The largest absolute Gasteiger partial charge is 0.395 e. The molecule has 1 unspecified atom stereocenters. The van der Waals surface area contributed by atoms with Gasteiger partial charge >= 0.3 is 0 Å². The molecule has 60 valence electrons. The fraction of sp³-hybridized carbons (Fsp3) is 1.00. The van der Waals surface area contributed by atoms with Crippen molar-refractivity contribution >= 4 is 11.8 Å². The number of aliphatic hydroxyl groups is 1. The quantitative estimate of drug-likeness (QED) is 0.661. The van der Waals surface area contributed by atoms with Crippen LogP contribution in [-0.4, -0.2) is 35.9 Å². The third kappa shape index (κ3) is 2.48. The van der Waals surface area contributed by atoms with E-state index in [-0.39, 0.29) is 6.61 Å². The van der Waals surface area contributed by atoms with Crippen LogP contribution in [-0.2, 0) is 4.74 Å². The van der Waals surface area contributed by atoms with Gasteiger partial charge in [0.1, 0.15) is 0 Å². The number of hydrogen-bond acceptors (Lipinski definition) is 3. The summed E-state index contributed by atoms with van der Waals surface area (Å²) in [6, 6.07) is 0. The van der Waals surface area contributed by atoms with Gasteiger partial charge in [-0.25, -0.2) is 0 Å². The molecule has 1 aliphatic rings. The van der Waals surface area contributed by atoms with Crippen molar-refractivity contribution in [3.8, 4) is 0 Å². The average Bonchev–Trinajstić information content (AvgIpc) is 1.84. The van der Waals surface area contributed by atoms with E-state index in [0.717, 1.165) is 24.9 Å². The molecule has 0 saturated carbocycles. The summed E-state index contributed by atoms with van der Waals surface area (Å²) in [5.41, 5.74) is 0. The van der Waals surface area contributed by atoms with Crippen molar-refractivity contribution in [2.45, 2.75) is 12.2 Å². The molecule has 1 saturated heterocycles. The van der Waals surface area contributed by atoms with Crippen molar-refractivity contribution in [3.63, 3.8) is 0 Å². The SMILES string of the molecule is CC(CO)SCC1COC1. The third-order valence-electron chi connectivity index (χ3n) is 1.58. The first kappa shape index (κ1) is 8.37. The van der Waals surface area contributed by atoms with E-state index >= 15 is 0 Å². The summed E-state index contributed by atoms with van der Waals surface area (Å²) in [6.07, 6.45) is 0. The molecular formula is C7H14O2S. The van der Waals surface area contributed by atoms with E-state index in [1.54, 1.807) is 0 Å². The van der Waals surface area contributed by atoms with E-state index in [1.807, 2.05) is 18.7 Å². The van der Waals surface area contributed by atoms with Gasteiger partial charge in [0.2, 0.25) is 0 Å². The topological polar surface area (TPSA) is 29.5 Å². The molecule has 1 aliphatic heterocycles. The van der Waals surface area contributed by atoms with Gasteiger partial charge in [0, 0.05) is 16.9 Å². The molecule has 1 rings (SSSR count). The van der Waals surface area contributed by atoms with Gasteiger partial charge in [-0.15, -0.1) is 0 Å². The maximum Gasteiger partial charge on any atom is 0.0547 e.